The Bertz CT molecular complexity index is 599. The molecule has 2 rings (SSSR count). The van der Waals surface area contributed by atoms with Gasteiger partial charge in [0, 0.05) is 29.6 Å². The first-order chi connectivity index (χ1) is 10.5. The van der Waals surface area contributed by atoms with Gasteiger partial charge in [-0.2, -0.15) is 0 Å². The molecule has 2 aliphatic rings. The summed E-state index contributed by atoms with van der Waals surface area (Å²) in [4.78, 5) is 16.7. The van der Waals surface area contributed by atoms with Crippen molar-refractivity contribution in [1.29, 1.82) is 5.41 Å². The molecule has 0 spiro atoms. The molecule has 5 nitrogen and oxygen atoms in total. The third-order valence-electron chi connectivity index (χ3n) is 3.97. The molecule has 0 atom stereocenters. The van der Waals surface area contributed by atoms with Crippen LogP contribution in [0.3, 0.4) is 0 Å². The Morgan fingerprint density at radius 2 is 2.14 bits per heavy atom. The lowest BCUT2D eigenvalue weighted by Gasteiger charge is -2.26. The Morgan fingerprint density at radius 3 is 2.68 bits per heavy atom. The van der Waals surface area contributed by atoms with Crippen LogP contribution in [-0.2, 0) is 4.79 Å². The molecule has 1 aliphatic heterocycles. The van der Waals surface area contributed by atoms with Crippen LogP contribution in [0.1, 0.15) is 39.5 Å². The van der Waals surface area contributed by atoms with Crippen molar-refractivity contribution in [3.05, 3.63) is 23.2 Å². The van der Waals surface area contributed by atoms with Crippen molar-refractivity contribution < 1.29 is 4.79 Å². The van der Waals surface area contributed by atoms with Crippen LogP contribution in [0.25, 0.3) is 0 Å². The van der Waals surface area contributed by atoms with E-state index >= 15 is 0 Å². The summed E-state index contributed by atoms with van der Waals surface area (Å²) in [6.07, 6.45) is 12.0. The SMILES string of the molecule is C#CC1CCC(NC(=O)/C(C=N)=C2\N=C(C)C=C(C)N2)CC1. The lowest BCUT2D eigenvalue weighted by atomic mass is 9.86. The highest BCUT2D eigenvalue weighted by Crippen LogP contribution is 2.23. The maximum atomic E-state index is 12.4. The third kappa shape index (κ3) is 3.85. The molecule has 0 bridgehead atoms. The average Bonchev–Trinajstić information content (AvgIpc) is 2.47. The van der Waals surface area contributed by atoms with E-state index in [1.165, 1.54) is 0 Å². The first-order valence-corrected chi connectivity index (χ1v) is 7.56. The van der Waals surface area contributed by atoms with Crippen LogP contribution in [0.5, 0.6) is 0 Å². The van der Waals surface area contributed by atoms with E-state index in [0.717, 1.165) is 43.3 Å². The number of aliphatic imine (C=N–C) groups is 1. The summed E-state index contributed by atoms with van der Waals surface area (Å²) in [6, 6.07) is 0.123. The van der Waals surface area contributed by atoms with E-state index in [-0.39, 0.29) is 17.5 Å². The summed E-state index contributed by atoms with van der Waals surface area (Å²) in [5.74, 6) is 3.28. The Morgan fingerprint density at radius 1 is 1.45 bits per heavy atom. The first kappa shape index (κ1) is 16.0. The molecule has 5 heteroatoms. The number of rotatable bonds is 3. The fourth-order valence-corrected chi connectivity index (χ4v) is 2.81. The fourth-order valence-electron chi connectivity index (χ4n) is 2.81. The molecule has 0 unspecified atom stereocenters. The van der Waals surface area contributed by atoms with Gasteiger partial charge < -0.3 is 16.0 Å². The van der Waals surface area contributed by atoms with Gasteiger partial charge in [0.05, 0.1) is 5.57 Å². The van der Waals surface area contributed by atoms with Gasteiger partial charge in [-0.25, -0.2) is 4.99 Å². The minimum atomic E-state index is -0.257. The van der Waals surface area contributed by atoms with Crippen LogP contribution in [0.2, 0.25) is 0 Å². The monoisotopic (exact) mass is 298 g/mol. The molecule has 0 radical (unpaired) electrons. The summed E-state index contributed by atoms with van der Waals surface area (Å²) in [5, 5.41) is 13.6. The number of nitrogens with zero attached hydrogens (tertiary/aromatic N) is 1. The number of terminal acetylenes is 1. The molecule has 3 N–H and O–H groups in total. The quantitative estimate of drug-likeness (QED) is 0.424. The van der Waals surface area contributed by atoms with Crippen molar-refractivity contribution >= 4 is 17.8 Å². The Kier molecular flexibility index (Phi) is 5.16. The Labute approximate surface area is 131 Å². The van der Waals surface area contributed by atoms with Crippen molar-refractivity contribution in [2.24, 2.45) is 10.9 Å². The van der Waals surface area contributed by atoms with Crippen LogP contribution in [0, 0.1) is 23.7 Å². The number of carbonyl (C=O) groups is 1. The highest BCUT2D eigenvalue weighted by atomic mass is 16.1. The van der Waals surface area contributed by atoms with Gasteiger partial charge in [-0.1, -0.05) is 0 Å². The van der Waals surface area contributed by atoms with Gasteiger partial charge in [0.25, 0.3) is 5.91 Å². The Balaban J connectivity index is 2.06. The predicted molar refractivity (Wildman–Crippen MR) is 88.5 cm³/mol. The topological polar surface area (TPSA) is 77.3 Å². The molecule has 0 aromatic heterocycles. The van der Waals surface area contributed by atoms with Gasteiger partial charge in [-0.3, -0.25) is 4.79 Å². The molecule has 1 aliphatic carbocycles. The van der Waals surface area contributed by atoms with Crippen LogP contribution in [0.15, 0.2) is 28.2 Å². The number of amides is 1. The standard InChI is InChI=1S/C17H22N4O/c1-4-13-5-7-14(8-6-13)21-17(22)15(10-18)16-19-11(2)9-12(3)20-16/h1,9-10,13-14,18-19H,5-8H2,2-3H3,(H,21,22)/b16-15-,18-10?. The molecular formula is C17H22N4O. The van der Waals surface area contributed by atoms with Crippen molar-refractivity contribution in [2.75, 3.05) is 0 Å². The second kappa shape index (κ2) is 7.08. The third-order valence-corrected chi connectivity index (χ3v) is 3.97. The Hall–Kier alpha value is -2.35. The van der Waals surface area contributed by atoms with Crippen molar-refractivity contribution in [1.82, 2.24) is 10.6 Å². The van der Waals surface area contributed by atoms with Gasteiger partial charge >= 0.3 is 0 Å². The number of allylic oxidation sites excluding steroid dienone is 2. The van der Waals surface area contributed by atoms with Crippen LogP contribution < -0.4 is 10.6 Å². The molecular weight excluding hydrogens is 276 g/mol. The summed E-state index contributed by atoms with van der Waals surface area (Å²) >= 11 is 0. The van der Waals surface area contributed by atoms with Gasteiger partial charge in [0.2, 0.25) is 0 Å². The van der Waals surface area contributed by atoms with E-state index in [9.17, 15) is 4.79 Å². The largest absolute Gasteiger partial charge is 0.349 e. The molecule has 1 saturated carbocycles. The van der Waals surface area contributed by atoms with Crippen molar-refractivity contribution in [2.45, 2.75) is 45.6 Å². The lowest BCUT2D eigenvalue weighted by Crippen LogP contribution is -2.39. The van der Waals surface area contributed by atoms with Gasteiger partial charge in [0.15, 0.2) is 0 Å². The molecule has 0 saturated heterocycles. The summed E-state index contributed by atoms with van der Waals surface area (Å²) in [6.45, 7) is 3.77. The second-order valence-corrected chi connectivity index (χ2v) is 5.80. The molecule has 1 amide bonds. The smallest absolute Gasteiger partial charge is 0.256 e. The molecule has 0 aromatic carbocycles. The molecule has 1 fully saturated rings. The normalized spacial score (nSPS) is 26.8. The van der Waals surface area contributed by atoms with E-state index in [4.69, 9.17) is 11.8 Å². The molecule has 1 heterocycles. The number of nitrogens with one attached hydrogen (secondary N) is 3. The highest BCUT2D eigenvalue weighted by molar-refractivity contribution is 6.12. The van der Waals surface area contributed by atoms with Crippen LogP contribution in [0.4, 0.5) is 0 Å². The first-order valence-electron chi connectivity index (χ1n) is 7.56. The number of hydrogen-bond acceptors (Lipinski definition) is 4. The van der Waals surface area contributed by atoms with Crippen LogP contribution in [-0.4, -0.2) is 23.9 Å². The molecule has 22 heavy (non-hydrogen) atoms. The van der Waals surface area contributed by atoms with Gasteiger partial charge in [-0.05, 0) is 45.6 Å². The minimum Gasteiger partial charge on any atom is -0.349 e. The van der Waals surface area contributed by atoms with Gasteiger partial charge in [0.1, 0.15) is 5.82 Å². The lowest BCUT2D eigenvalue weighted by molar-refractivity contribution is -0.117. The predicted octanol–water partition coefficient (Wildman–Crippen LogP) is 2.12. The van der Waals surface area contributed by atoms with E-state index in [1.54, 1.807) is 0 Å². The number of carbonyl (C=O) groups excluding carboxylic acids is 1. The van der Waals surface area contributed by atoms with Gasteiger partial charge in [-0.15, -0.1) is 12.3 Å². The maximum absolute atomic E-state index is 12.4. The average molecular weight is 298 g/mol. The summed E-state index contributed by atoms with van der Waals surface area (Å²) < 4.78 is 0. The maximum Gasteiger partial charge on any atom is 0.256 e. The summed E-state index contributed by atoms with van der Waals surface area (Å²) in [5.41, 5.74) is 1.97. The summed E-state index contributed by atoms with van der Waals surface area (Å²) in [7, 11) is 0. The van der Waals surface area contributed by atoms with E-state index in [0.29, 0.717) is 11.7 Å². The second-order valence-electron chi connectivity index (χ2n) is 5.80. The zero-order valence-corrected chi connectivity index (χ0v) is 13.1. The fraction of sp³-hybridized carbons (Fsp3) is 0.471. The van der Waals surface area contributed by atoms with Crippen molar-refractivity contribution in [3.63, 3.8) is 0 Å². The molecule has 0 aromatic rings. The number of hydrogen-bond donors (Lipinski definition) is 3. The zero-order valence-electron chi connectivity index (χ0n) is 13.1. The van der Waals surface area contributed by atoms with E-state index < -0.39 is 0 Å². The van der Waals surface area contributed by atoms with E-state index in [2.05, 4.69) is 21.5 Å². The highest BCUT2D eigenvalue weighted by Gasteiger charge is 2.23. The van der Waals surface area contributed by atoms with Crippen LogP contribution >= 0.6 is 0 Å². The minimum absolute atomic E-state index is 0.123. The van der Waals surface area contributed by atoms with E-state index in [1.807, 2.05) is 19.9 Å². The molecule has 116 valence electrons. The zero-order chi connectivity index (χ0) is 16.1. The van der Waals surface area contributed by atoms with Crippen molar-refractivity contribution in [3.8, 4) is 12.3 Å².